The molecule has 0 saturated carbocycles. The Kier molecular flexibility index (Phi) is 10.8. The molecule has 0 aromatic heterocycles. The first kappa shape index (κ1) is 10.9. The zero-order chi connectivity index (χ0) is 3.54. The van der Waals surface area contributed by atoms with E-state index in [2.05, 4.69) is 24.3 Å². The number of hydrogen-bond acceptors (Lipinski definition) is 0. The molecule has 0 aliphatic heterocycles. The van der Waals surface area contributed by atoms with Gasteiger partial charge in [-0.05, 0) is 6.42 Å². The fourth-order valence-corrected chi connectivity index (χ4v) is 0.393. The average molecular weight is 165 g/mol. The van der Waals surface area contributed by atoms with Crippen LogP contribution in [0, 0.1) is 0 Å². The van der Waals surface area contributed by atoms with Crippen LogP contribution in [0.3, 0.4) is 0 Å². The van der Waals surface area contributed by atoms with Crippen molar-refractivity contribution in [3.63, 3.8) is 0 Å². The Bertz CT molecular complexity index is 70.5. The van der Waals surface area contributed by atoms with Gasteiger partial charge < -0.3 is 1.43 Å². The van der Waals surface area contributed by atoms with Crippen LogP contribution in [-0.4, -0.2) is 0 Å². The number of rotatable bonds is 0. The van der Waals surface area contributed by atoms with E-state index in [0.29, 0.717) is 0 Å². The van der Waals surface area contributed by atoms with Crippen molar-refractivity contribution in [3.05, 3.63) is 24.3 Å². The van der Waals surface area contributed by atoms with Crippen LogP contribution in [0.25, 0.3) is 0 Å². The van der Waals surface area contributed by atoms with Crippen LogP contribution in [0.2, 0.25) is 0 Å². The first-order chi connectivity index (χ1) is 2.50. The molecule has 0 amide bonds. The maximum atomic E-state index is 2.12. The van der Waals surface area contributed by atoms with E-state index in [4.69, 9.17) is 0 Å². The fourth-order valence-electron chi connectivity index (χ4n) is 0.393. The largest absolute Gasteiger partial charge is 1.00 e. The molecule has 0 heterocycles. The van der Waals surface area contributed by atoms with Crippen molar-refractivity contribution in [2.24, 2.45) is 0 Å². The maximum absolute atomic E-state index is 2.12. The first-order valence-corrected chi connectivity index (χ1v) is 1.82. The SMILES string of the molecule is C1=CCC=C1.[H-].[Li+].[Zr]. The molecular weight excluding hydrogens is 158 g/mol. The molecule has 7 heavy (non-hydrogen) atoms. The van der Waals surface area contributed by atoms with Crippen molar-refractivity contribution >= 4 is 0 Å². The summed E-state index contributed by atoms with van der Waals surface area (Å²) < 4.78 is 0. The van der Waals surface area contributed by atoms with Crippen LogP contribution >= 0.6 is 0 Å². The molecule has 1 aliphatic carbocycles. The monoisotopic (exact) mass is 164 g/mol. The quantitative estimate of drug-likeness (QED) is 0.388. The van der Waals surface area contributed by atoms with Gasteiger partial charge >= 0.3 is 18.9 Å². The molecule has 0 bridgehead atoms. The molecule has 0 aromatic rings. The summed E-state index contributed by atoms with van der Waals surface area (Å²) in [4.78, 5) is 0. The molecule has 1 rings (SSSR count). The summed E-state index contributed by atoms with van der Waals surface area (Å²) in [6, 6.07) is 0. The van der Waals surface area contributed by atoms with Gasteiger partial charge in [0.05, 0.1) is 0 Å². The zero-order valence-corrected chi connectivity index (χ0v) is 6.97. The summed E-state index contributed by atoms with van der Waals surface area (Å²) in [6.07, 6.45) is 9.50. The van der Waals surface area contributed by atoms with Gasteiger partial charge in [0.25, 0.3) is 0 Å². The van der Waals surface area contributed by atoms with Crippen LogP contribution in [-0.2, 0) is 26.2 Å². The molecule has 0 nitrogen and oxygen atoms in total. The Morgan fingerprint density at radius 1 is 1.14 bits per heavy atom. The fraction of sp³-hybridized carbons (Fsp3) is 0.200. The van der Waals surface area contributed by atoms with E-state index in [1.165, 1.54) is 0 Å². The van der Waals surface area contributed by atoms with Crippen LogP contribution in [0.1, 0.15) is 7.85 Å². The van der Waals surface area contributed by atoms with E-state index >= 15 is 0 Å². The predicted molar refractivity (Wildman–Crippen MR) is 24.0 cm³/mol. The molecule has 1 aliphatic rings. The van der Waals surface area contributed by atoms with Crippen LogP contribution in [0.15, 0.2) is 24.3 Å². The molecule has 2 heteroatoms. The number of allylic oxidation sites excluding steroid dienone is 4. The molecule has 0 atom stereocenters. The molecule has 0 saturated heterocycles. The summed E-state index contributed by atoms with van der Waals surface area (Å²) >= 11 is 0. The van der Waals surface area contributed by atoms with Gasteiger partial charge in [-0.3, -0.25) is 0 Å². The van der Waals surface area contributed by atoms with Crippen molar-refractivity contribution in [1.29, 1.82) is 0 Å². The molecular formula is C5H7LiZr. The van der Waals surface area contributed by atoms with Crippen LogP contribution in [0.4, 0.5) is 0 Å². The van der Waals surface area contributed by atoms with Gasteiger partial charge in [0.15, 0.2) is 0 Å². The summed E-state index contributed by atoms with van der Waals surface area (Å²) in [5.41, 5.74) is 0. The van der Waals surface area contributed by atoms with E-state index in [0.717, 1.165) is 6.42 Å². The minimum absolute atomic E-state index is 0. The Morgan fingerprint density at radius 2 is 1.57 bits per heavy atom. The van der Waals surface area contributed by atoms with Crippen molar-refractivity contribution in [2.45, 2.75) is 6.42 Å². The number of hydrogen-bond donors (Lipinski definition) is 0. The minimum atomic E-state index is 0. The van der Waals surface area contributed by atoms with Crippen molar-refractivity contribution in [1.82, 2.24) is 0 Å². The Hall–Kier alpha value is 0.961. The molecule has 0 fully saturated rings. The minimum Gasteiger partial charge on any atom is -1.00 e. The zero-order valence-electron chi connectivity index (χ0n) is 5.52. The second kappa shape index (κ2) is 6.96. The summed E-state index contributed by atoms with van der Waals surface area (Å²) in [5.74, 6) is 0. The third-order valence-corrected chi connectivity index (χ3v) is 0.655. The van der Waals surface area contributed by atoms with Gasteiger partial charge in [-0.2, -0.15) is 0 Å². The third-order valence-electron chi connectivity index (χ3n) is 0.655. The Balaban J connectivity index is -0.0000000833. The van der Waals surface area contributed by atoms with Gasteiger partial charge in [0, 0.05) is 26.2 Å². The summed E-state index contributed by atoms with van der Waals surface area (Å²) in [6.45, 7) is 0. The second-order valence-electron chi connectivity index (χ2n) is 1.09. The standard InChI is InChI=1S/C5H6.Li.Zr.H/c1-2-4-5-3-1;;;/h1-4H,5H2;;;/q;+1;;-1. The summed E-state index contributed by atoms with van der Waals surface area (Å²) in [7, 11) is 0. The molecule has 0 N–H and O–H groups in total. The smallest absolute Gasteiger partial charge is 1.00 e. The molecule has 0 radical (unpaired) electrons. The van der Waals surface area contributed by atoms with Gasteiger partial charge in [-0.15, -0.1) is 0 Å². The third kappa shape index (κ3) is 4.82. The van der Waals surface area contributed by atoms with E-state index in [9.17, 15) is 0 Å². The van der Waals surface area contributed by atoms with Crippen molar-refractivity contribution in [2.75, 3.05) is 0 Å². The first-order valence-electron chi connectivity index (χ1n) is 1.82. The van der Waals surface area contributed by atoms with Gasteiger partial charge in [-0.1, -0.05) is 24.3 Å². The van der Waals surface area contributed by atoms with Gasteiger partial charge in [-0.25, -0.2) is 0 Å². The molecule has 0 spiro atoms. The topological polar surface area (TPSA) is 0 Å². The van der Waals surface area contributed by atoms with E-state index in [-0.39, 0.29) is 46.5 Å². The average Bonchev–Trinajstić information content (AvgIpc) is 1.76. The molecule has 0 unspecified atom stereocenters. The van der Waals surface area contributed by atoms with Crippen molar-refractivity contribution in [3.8, 4) is 0 Å². The predicted octanol–water partition coefficient (Wildman–Crippen LogP) is -1.38. The van der Waals surface area contributed by atoms with E-state index in [1.807, 2.05) is 0 Å². The molecule has 0 aromatic carbocycles. The van der Waals surface area contributed by atoms with Gasteiger partial charge in [0.1, 0.15) is 0 Å². The van der Waals surface area contributed by atoms with E-state index < -0.39 is 0 Å². The van der Waals surface area contributed by atoms with Crippen LogP contribution < -0.4 is 18.9 Å². The van der Waals surface area contributed by atoms with Gasteiger partial charge in [0.2, 0.25) is 0 Å². The van der Waals surface area contributed by atoms with Crippen molar-refractivity contribution < 1.29 is 46.5 Å². The van der Waals surface area contributed by atoms with E-state index in [1.54, 1.807) is 0 Å². The molecule has 32 valence electrons. The Labute approximate surface area is 76.8 Å². The summed E-state index contributed by atoms with van der Waals surface area (Å²) in [5, 5.41) is 0. The Morgan fingerprint density at radius 3 is 1.71 bits per heavy atom. The second-order valence-corrected chi connectivity index (χ2v) is 1.09. The normalized spacial score (nSPS) is 12.6. The maximum Gasteiger partial charge on any atom is 1.00 e. The van der Waals surface area contributed by atoms with Crippen LogP contribution in [0.5, 0.6) is 0 Å².